The van der Waals surface area contributed by atoms with Gasteiger partial charge in [-0.25, -0.2) is 0 Å². The molecule has 3 heteroatoms. The van der Waals surface area contributed by atoms with E-state index in [0.717, 1.165) is 30.3 Å². The van der Waals surface area contributed by atoms with Gasteiger partial charge in [-0.3, -0.25) is 4.98 Å². The highest BCUT2D eigenvalue weighted by Crippen LogP contribution is 2.24. The van der Waals surface area contributed by atoms with Crippen LogP contribution in [0.4, 0.5) is 0 Å². The van der Waals surface area contributed by atoms with Gasteiger partial charge in [0.1, 0.15) is 5.75 Å². The lowest BCUT2D eigenvalue weighted by atomic mass is 10.1. The molecule has 0 aromatic carbocycles. The highest BCUT2D eigenvalue weighted by molar-refractivity contribution is 5.19. The van der Waals surface area contributed by atoms with Crippen LogP contribution in [0.15, 0.2) is 18.3 Å². The predicted molar refractivity (Wildman–Crippen MR) is 74.0 cm³/mol. The Morgan fingerprint density at radius 2 is 2.00 bits per heavy atom. The second-order valence-corrected chi connectivity index (χ2v) is 5.50. The van der Waals surface area contributed by atoms with Crippen LogP contribution in [0.2, 0.25) is 0 Å². The fraction of sp³-hybridized carbons (Fsp3) is 0.667. The standard InChI is InChI=1S/C15H24N2O/c1-12-7-9-15(11-16-12)18-14-6-4-5-13(8-10-14)17(2)3/h7,9,11,13-14H,4-6,8,10H2,1-3H3. The average Bonchev–Trinajstić information content (AvgIpc) is 2.58. The molecule has 0 spiro atoms. The summed E-state index contributed by atoms with van der Waals surface area (Å²) in [4.78, 5) is 6.62. The third-order valence-corrected chi connectivity index (χ3v) is 3.80. The van der Waals surface area contributed by atoms with Crippen molar-refractivity contribution in [2.75, 3.05) is 14.1 Å². The van der Waals surface area contributed by atoms with E-state index in [2.05, 4.69) is 24.0 Å². The van der Waals surface area contributed by atoms with Crippen LogP contribution in [-0.4, -0.2) is 36.1 Å². The molecule has 1 heterocycles. The van der Waals surface area contributed by atoms with Crippen molar-refractivity contribution in [2.24, 2.45) is 0 Å². The molecule has 2 unspecified atom stereocenters. The maximum atomic E-state index is 6.04. The number of ether oxygens (including phenoxy) is 1. The number of pyridine rings is 1. The first-order chi connectivity index (χ1) is 8.65. The van der Waals surface area contributed by atoms with Crippen LogP contribution < -0.4 is 4.74 Å². The molecule has 100 valence electrons. The number of hydrogen-bond acceptors (Lipinski definition) is 3. The lowest BCUT2D eigenvalue weighted by Gasteiger charge is -2.22. The number of nitrogens with zero attached hydrogens (tertiary/aromatic N) is 2. The van der Waals surface area contributed by atoms with Gasteiger partial charge in [0.25, 0.3) is 0 Å². The SMILES string of the molecule is Cc1ccc(OC2CCCC(N(C)C)CC2)cn1. The highest BCUT2D eigenvalue weighted by Gasteiger charge is 2.21. The summed E-state index contributed by atoms with van der Waals surface area (Å²) in [6.07, 6.45) is 8.29. The predicted octanol–water partition coefficient (Wildman–Crippen LogP) is 3.03. The summed E-state index contributed by atoms with van der Waals surface area (Å²) < 4.78 is 6.04. The summed E-state index contributed by atoms with van der Waals surface area (Å²) in [6.45, 7) is 2.00. The van der Waals surface area contributed by atoms with Gasteiger partial charge in [0.2, 0.25) is 0 Å². The summed E-state index contributed by atoms with van der Waals surface area (Å²) in [5, 5.41) is 0. The van der Waals surface area contributed by atoms with Gasteiger partial charge in [-0.05, 0) is 65.3 Å². The molecule has 1 saturated carbocycles. The van der Waals surface area contributed by atoms with Crippen LogP contribution in [-0.2, 0) is 0 Å². The zero-order valence-electron chi connectivity index (χ0n) is 11.7. The minimum absolute atomic E-state index is 0.361. The zero-order chi connectivity index (χ0) is 13.0. The molecule has 2 rings (SSSR count). The Morgan fingerprint density at radius 1 is 1.17 bits per heavy atom. The Morgan fingerprint density at radius 3 is 2.67 bits per heavy atom. The molecule has 3 nitrogen and oxygen atoms in total. The molecule has 2 atom stereocenters. The normalized spacial score (nSPS) is 24.9. The van der Waals surface area contributed by atoms with Crippen LogP contribution in [0.3, 0.4) is 0 Å². The first kappa shape index (κ1) is 13.3. The minimum Gasteiger partial charge on any atom is -0.489 e. The maximum Gasteiger partial charge on any atom is 0.138 e. The zero-order valence-corrected chi connectivity index (χ0v) is 11.7. The molecule has 1 aromatic heterocycles. The monoisotopic (exact) mass is 248 g/mol. The summed E-state index contributed by atoms with van der Waals surface area (Å²) in [6, 6.07) is 4.75. The van der Waals surface area contributed by atoms with Crippen molar-refractivity contribution in [3.8, 4) is 5.75 Å². The fourth-order valence-electron chi connectivity index (χ4n) is 2.60. The van der Waals surface area contributed by atoms with Gasteiger partial charge in [0.15, 0.2) is 0 Å². The quantitative estimate of drug-likeness (QED) is 0.769. The van der Waals surface area contributed by atoms with E-state index in [1.165, 1.54) is 19.3 Å². The molecular weight excluding hydrogens is 224 g/mol. The molecule has 1 fully saturated rings. The first-order valence-corrected chi connectivity index (χ1v) is 6.91. The smallest absolute Gasteiger partial charge is 0.138 e. The lowest BCUT2D eigenvalue weighted by molar-refractivity contribution is 0.178. The van der Waals surface area contributed by atoms with E-state index < -0.39 is 0 Å². The molecule has 0 bridgehead atoms. The van der Waals surface area contributed by atoms with Crippen LogP contribution in [0.5, 0.6) is 5.75 Å². The molecule has 1 aromatic rings. The van der Waals surface area contributed by atoms with Crippen molar-refractivity contribution in [1.82, 2.24) is 9.88 Å². The van der Waals surface area contributed by atoms with Crippen molar-refractivity contribution in [3.63, 3.8) is 0 Å². The van der Waals surface area contributed by atoms with Gasteiger partial charge < -0.3 is 9.64 Å². The van der Waals surface area contributed by atoms with Gasteiger partial charge >= 0.3 is 0 Å². The largest absolute Gasteiger partial charge is 0.489 e. The topological polar surface area (TPSA) is 25.4 Å². The first-order valence-electron chi connectivity index (χ1n) is 6.91. The van der Waals surface area contributed by atoms with Crippen molar-refractivity contribution in [1.29, 1.82) is 0 Å². The molecular formula is C15H24N2O. The summed E-state index contributed by atoms with van der Waals surface area (Å²) in [5.41, 5.74) is 1.04. The molecule has 18 heavy (non-hydrogen) atoms. The van der Waals surface area contributed by atoms with Crippen molar-refractivity contribution in [2.45, 2.75) is 51.2 Å². The number of aromatic nitrogens is 1. The number of aryl methyl sites for hydroxylation is 1. The van der Waals surface area contributed by atoms with E-state index in [9.17, 15) is 0 Å². The van der Waals surface area contributed by atoms with Gasteiger partial charge in [-0.2, -0.15) is 0 Å². The Labute approximate surface area is 110 Å². The lowest BCUT2D eigenvalue weighted by Crippen LogP contribution is -2.27. The molecule has 0 aliphatic heterocycles. The van der Waals surface area contributed by atoms with E-state index >= 15 is 0 Å². The third-order valence-electron chi connectivity index (χ3n) is 3.80. The maximum absolute atomic E-state index is 6.04. The second kappa shape index (κ2) is 6.19. The van der Waals surface area contributed by atoms with Crippen LogP contribution in [0.1, 0.15) is 37.8 Å². The van der Waals surface area contributed by atoms with Gasteiger partial charge in [-0.15, -0.1) is 0 Å². The number of hydrogen-bond donors (Lipinski definition) is 0. The van der Waals surface area contributed by atoms with Crippen LogP contribution in [0, 0.1) is 6.92 Å². The summed E-state index contributed by atoms with van der Waals surface area (Å²) in [7, 11) is 4.35. The molecule has 0 saturated heterocycles. The fourth-order valence-corrected chi connectivity index (χ4v) is 2.60. The molecule has 1 aliphatic rings. The van der Waals surface area contributed by atoms with Gasteiger partial charge in [0.05, 0.1) is 12.3 Å². The average molecular weight is 248 g/mol. The third kappa shape index (κ3) is 3.70. The summed E-state index contributed by atoms with van der Waals surface area (Å²) >= 11 is 0. The Balaban J connectivity index is 1.88. The van der Waals surface area contributed by atoms with E-state index in [0.29, 0.717) is 6.10 Å². The molecule has 0 N–H and O–H groups in total. The van der Waals surface area contributed by atoms with E-state index in [1.807, 2.05) is 25.3 Å². The van der Waals surface area contributed by atoms with Crippen LogP contribution >= 0.6 is 0 Å². The van der Waals surface area contributed by atoms with Gasteiger partial charge in [-0.1, -0.05) is 0 Å². The number of rotatable bonds is 3. The Kier molecular flexibility index (Phi) is 4.59. The van der Waals surface area contributed by atoms with Crippen molar-refractivity contribution >= 4 is 0 Å². The van der Waals surface area contributed by atoms with E-state index in [1.54, 1.807) is 0 Å². The second-order valence-electron chi connectivity index (χ2n) is 5.50. The molecule has 0 radical (unpaired) electrons. The van der Waals surface area contributed by atoms with E-state index in [-0.39, 0.29) is 0 Å². The highest BCUT2D eigenvalue weighted by atomic mass is 16.5. The minimum atomic E-state index is 0.361. The molecule has 1 aliphatic carbocycles. The van der Waals surface area contributed by atoms with Crippen molar-refractivity contribution < 1.29 is 4.74 Å². The Bertz CT molecular complexity index is 361. The van der Waals surface area contributed by atoms with Crippen molar-refractivity contribution in [3.05, 3.63) is 24.0 Å². The van der Waals surface area contributed by atoms with Gasteiger partial charge in [0, 0.05) is 11.7 Å². The molecule has 0 amide bonds. The van der Waals surface area contributed by atoms with Crippen LogP contribution in [0.25, 0.3) is 0 Å². The van der Waals surface area contributed by atoms with E-state index in [4.69, 9.17) is 4.74 Å². The summed E-state index contributed by atoms with van der Waals surface area (Å²) in [5.74, 6) is 0.911. The Hall–Kier alpha value is -1.09.